The lowest BCUT2D eigenvalue weighted by Gasteiger charge is -2.37. The average Bonchev–Trinajstić information content (AvgIpc) is 2.99. The zero-order valence-corrected chi connectivity index (χ0v) is 22.0. The zero-order chi connectivity index (χ0) is 26.0. The van der Waals surface area contributed by atoms with Crippen LogP contribution in [0, 0.1) is 5.41 Å². The minimum Gasteiger partial charge on any atom is -0.357 e. The van der Waals surface area contributed by atoms with Crippen LogP contribution in [0.4, 0.5) is 11.4 Å². The maximum atomic E-state index is 13.7. The lowest BCUT2D eigenvalue weighted by atomic mass is 9.73. The van der Waals surface area contributed by atoms with Crippen molar-refractivity contribution in [3.05, 3.63) is 106 Å². The summed E-state index contributed by atoms with van der Waals surface area (Å²) in [4.78, 5) is 29.1. The normalized spacial score (nSPS) is 18.4. The molecule has 0 saturated heterocycles. The van der Waals surface area contributed by atoms with Crippen LogP contribution >= 0.6 is 11.6 Å². The van der Waals surface area contributed by atoms with Crippen molar-refractivity contribution in [2.45, 2.75) is 39.2 Å². The first-order chi connectivity index (χ1) is 17.8. The van der Waals surface area contributed by atoms with Crippen molar-refractivity contribution in [1.29, 1.82) is 0 Å². The van der Waals surface area contributed by atoms with Crippen molar-refractivity contribution >= 4 is 34.7 Å². The van der Waals surface area contributed by atoms with Crippen LogP contribution in [0.5, 0.6) is 0 Å². The summed E-state index contributed by atoms with van der Waals surface area (Å²) in [6.45, 7) is 4.92. The second-order valence-corrected chi connectivity index (χ2v) is 11.1. The number of nitrogens with zero attached hydrogens (tertiary/aromatic N) is 1. The molecule has 0 spiro atoms. The summed E-state index contributed by atoms with van der Waals surface area (Å²) < 4.78 is 0. The molecule has 1 aliphatic carbocycles. The van der Waals surface area contributed by atoms with Gasteiger partial charge in [-0.2, -0.15) is 0 Å². The molecule has 5 nitrogen and oxygen atoms in total. The molecule has 3 aromatic rings. The first-order valence-corrected chi connectivity index (χ1v) is 13.1. The molecule has 1 amide bonds. The molecule has 37 heavy (non-hydrogen) atoms. The number of amides is 1. The van der Waals surface area contributed by atoms with Crippen molar-refractivity contribution in [2.24, 2.45) is 5.41 Å². The van der Waals surface area contributed by atoms with Gasteiger partial charge >= 0.3 is 0 Å². The Morgan fingerprint density at radius 1 is 1.00 bits per heavy atom. The minimum atomic E-state index is -0.363. The monoisotopic (exact) mass is 513 g/mol. The van der Waals surface area contributed by atoms with Gasteiger partial charge in [-0.3, -0.25) is 9.59 Å². The number of allylic oxidation sites excluding steroid dienone is 1. The minimum absolute atomic E-state index is 0.0858. The molecule has 0 fully saturated rings. The highest BCUT2D eigenvalue weighted by Gasteiger charge is 2.41. The van der Waals surface area contributed by atoms with Gasteiger partial charge in [0.25, 0.3) is 0 Å². The molecule has 0 saturated carbocycles. The van der Waals surface area contributed by atoms with E-state index in [4.69, 9.17) is 11.6 Å². The van der Waals surface area contributed by atoms with Gasteiger partial charge in [-0.05, 0) is 53.6 Å². The van der Waals surface area contributed by atoms with Gasteiger partial charge in [-0.1, -0.05) is 80.0 Å². The van der Waals surface area contributed by atoms with Crippen LogP contribution in [0.15, 0.2) is 90.1 Å². The third-order valence-electron chi connectivity index (χ3n) is 7.08. The van der Waals surface area contributed by atoms with Crippen LogP contribution in [0.1, 0.15) is 43.9 Å². The maximum Gasteiger partial charge on any atom is 0.239 e. The van der Waals surface area contributed by atoms with Gasteiger partial charge < -0.3 is 15.5 Å². The summed E-state index contributed by atoms with van der Waals surface area (Å²) in [7, 11) is 0. The number of carbonyl (C=O) groups excluding carboxylic acids is 2. The van der Waals surface area contributed by atoms with Crippen LogP contribution in [0.3, 0.4) is 0 Å². The zero-order valence-electron chi connectivity index (χ0n) is 21.3. The Hall–Kier alpha value is -3.57. The van der Waals surface area contributed by atoms with Crippen LogP contribution < -0.4 is 15.5 Å². The van der Waals surface area contributed by atoms with Crippen LogP contribution in [-0.4, -0.2) is 24.8 Å². The topological polar surface area (TPSA) is 61.4 Å². The summed E-state index contributed by atoms with van der Waals surface area (Å²) in [5.41, 5.74) is 5.51. The Balaban J connectivity index is 1.48. The maximum absolute atomic E-state index is 13.7. The molecule has 1 aliphatic heterocycles. The number of rotatable bonds is 6. The predicted octanol–water partition coefficient (Wildman–Crippen LogP) is 6.32. The highest BCUT2D eigenvalue weighted by Crippen LogP contribution is 2.48. The number of para-hydroxylation sites is 2. The number of halogens is 1. The molecule has 2 N–H and O–H groups in total. The lowest BCUT2D eigenvalue weighted by Crippen LogP contribution is -2.42. The van der Waals surface area contributed by atoms with E-state index in [-0.39, 0.29) is 29.7 Å². The fourth-order valence-electron chi connectivity index (χ4n) is 5.42. The predicted molar refractivity (Wildman–Crippen MR) is 150 cm³/mol. The molecule has 5 rings (SSSR count). The molecule has 1 heterocycles. The first-order valence-electron chi connectivity index (χ1n) is 12.8. The molecule has 1 atom stereocenters. The highest BCUT2D eigenvalue weighted by molar-refractivity contribution is 6.30. The van der Waals surface area contributed by atoms with Crippen molar-refractivity contribution in [3.63, 3.8) is 0 Å². The molecule has 0 aromatic heterocycles. The Bertz CT molecular complexity index is 1330. The van der Waals surface area contributed by atoms with E-state index >= 15 is 0 Å². The molecular formula is C31H32ClN3O2. The number of ketones is 1. The molecule has 6 heteroatoms. The number of carbonyl (C=O) groups is 2. The summed E-state index contributed by atoms with van der Waals surface area (Å²) >= 11 is 5.99. The number of fused-ring (bicyclic) bond motifs is 1. The van der Waals surface area contributed by atoms with E-state index in [2.05, 4.69) is 29.4 Å². The van der Waals surface area contributed by atoms with Crippen LogP contribution in [0.25, 0.3) is 0 Å². The first kappa shape index (κ1) is 25.1. The summed E-state index contributed by atoms with van der Waals surface area (Å²) in [6, 6.07) is 25.3. The van der Waals surface area contributed by atoms with E-state index in [1.807, 2.05) is 78.9 Å². The third kappa shape index (κ3) is 5.57. The molecule has 1 unspecified atom stereocenters. The summed E-state index contributed by atoms with van der Waals surface area (Å²) in [5.74, 6) is 0.0471. The highest BCUT2D eigenvalue weighted by atomic mass is 35.5. The van der Waals surface area contributed by atoms with E-state index in [9.17, 15) is 9.59 Å². The lowest BCUT2D eigenvalue weighted by molar-refractivity contribution is -0.120. The number of nitrogens with one attached hydrogen (secondary N) is 2. The fourth-order valence-corrected chi connectivity index (χ4v) is 5.54. The average molecular weight is 514 g/mol. The van der Waals surface area contributed by atoms with Crippen LogP contribution in [-0.2, 0) is 16.0 Å². The van der Waals surface area contributed by atoms with Gasteiger partial charge in [-0.25, -0.2) is 0 Å². The fraction of sp³-hybridized carbons (Fsp3) is 0.290. The Morgan fingerprint density at radius 3 is 2.46 bits per heavy atom. The Kier molecular flexibility index (Phi) is 7.07. The van der Waals surface area contributed by atoms with Gasteiger partial charge in [0.1, 0.15) is 0 Å². The van der Waals surface area contributed by atoms with E-state index < -0.39 is 0 Å². The smallest absolute Gasteiger partial charge is 0.239 e. The van der Waals surface area contributed by atoms with E-state index in [1.165, 1.54) is 0 Å². The standard InChI is InChI=1S/C31H32ClN3O2/c1-31(2)18-25-29(27(36)19-31)30(22-8-4-3-5-9-22)35(26-11-7-6-10-24(26)34-25)20-28(37)33-17-16-21-12-14-23(32)15-13-21/h3-15,30,34H,16-20H2,1-2H3,(H,33,37). The van der Waals surface area contributed by atoms with Crippen LogP contribution in [0.2, 0.25) is 5.02 Å². The summed E-state index contributed by atoms with van der Waals surface area (Å²) in [5, 5.41) is 7.37. The largest absolute Gasteiger partial charge is 0.357 e. The third-order valence-corrected chi connectivity index (χ3v) is 7.33. The van der Waals surface area contributed by atoms with E-state index in [0.29, 0.717) is 24.4 Å². The second-order valence-electron chi connectivity index (χ2n) is 10.6. The number of hydrogen-bond acceptors (Lipinski definition) is 4. The van der Waals surface area contributed by atoms with Gasteiger partial charge in [0.15, 0.2) is 5.78 Å². The molecule has 0 radical (unpaired) electrons. The number of Topliss-reactive ketones (excluding diaryl/α,β-unsaturated/α-hetero) is 1. The number of benzene rings is 3. The van der Waals surface area contributed by atoms with E-state index in [0.717, 1.165) is 40.2 Å². The van der Waals surface area contributed by atoms with Gasteiger partial charge in [0.2, 0.25) is 5.91 Å². The van der Waals surface area contributed by atoms with Crippen molar-refractivity contribution < 1.29 is 9.59 Å². The van der Waals surface area contributed by atoms with Gasteiger partial charge in [-0.15, -0.1) is 0 Å². The quantitative estimate of drug-likeness (QED) is 0.405. The Morgan fingerprint density at radius 2 is 1.70 bits per heavy atom. The van der Waals surface area contributed by atoms with Crippen molar-refractivity contribution in [2.75, 3.05) is 23.3 Å². The molecule has 0 bridgehead atoms. The SMILES string of the molecule is CC1(C)CC(=O)C2=C(C1)Nc1ccccc1N(CC(=O)NCCc1ccc(Cl)cc1)C2c1ccccc1. The van der Waals surface area contributed by atoms with Gasteiger partial charge in [0, 0.05) is 29.3 Å². The molecule has 3 aromatic carbocycles. The molecule has 190 valence electrons. The number of anilines is 2. The molecular weight excluding hydrogens is 482 g/mol. The van der Waals surface area contributed by atoms with Crippen molar-refractivity contribution in [1.82, 2.24) is 5.32 Å². The number of hydrogen-bond donors (Lipinski definition) is 2. The van der Waals surface area contributed by atoms with Crippen molar-refractivity contribution in [3.8, 4) is 0 Å². The van der Waals surface area contributed by atoms with E-state index in [1.54, 1.807) is 0 Å². The van der Waals surface area contributed by atoms with Gasteiger partial charge in [0.05, 0.1) is 24.0 Å². The molecule has 2 aliphatic rings. The summed E-state index contributed by atoms with van der Waals surface area (Å²) in [6.07, 6.45) is 1.97. The second kappa shape index (κ2) is 10.4. The Labute approximate surface area is 223 Å².